The van der Waals surface area contributed by atoms with Crippen LogP contribution in [0.5, 0.6) is 0 Å². The van der Waals surface area contributed by atoms with Gasteiger partial charge in [-0.15, -0.1) is 0 Å². The Hall–Kier alpha value is -1.07. The summed E-state index contributed by atoms with van der Waals surface area (Å²) in [7, 11) is 0. The fourth-order valence-electron chi connectivity index (χ4n) is 1.43. The zero-order valence-electron chi connectivity index (χ0n) is 8.55. The number of hydrogen-bond donors (Lipinski definition) is 1. The Morgan fingerprint density at radius 2 is 2.06 bits per heavy atom. The maximum absolute atomic E-state index is 12.4. The van der Waals surface area contributed by atoms with Crippen molar-refractivity contribution in [2.75, 3.05) is 13.1 Å². The summed E-state index contributed by atoms with van der Waals surface area (Å²) in [5, 5.41) is 3.03. The molecule has 0 unspecified atom stereocenters. The van der Waals surface area contributed by atoms with E-state index in [4.69, 9.17) is 4.74 Å². The molecule has 1 aromatic carbocycles. The number of nitrogens with one attached hydrogen (secondary N) is 1. The first-order chi connectivity index (χ1) is 7.55. The lowest BCUT2D eigenvalue weighted by atomic mass is 10.1. The van der Waals surface area contributed by atoms with Crippen LogP contribution in [0.25, 0.3) is 0 Å². The van der Waals surface area contributed by atoms with E-state index in [9.17, 15) is 13.2 Å². The Morgan fingerprint density at radius 1 is 1.31 bits per heavy atom. The number of rotatable bonds is 3. The van der Waals surface area contributed by atoms with Crippen molar-refractivity contribution in [3.63, 3.8) is 0 Å². The smallest absolute Gasteiger partial charge is 0.371 e. The number of alkyl halides is 3. The van der Waals surface area contributed by atoms with Gasteiger partial charge in [-0.2, -0.15) is 13.2 Å². The van der Waals surface area contributed by atoms with Crippen LogP contribution in [0.2, 0.25) is 0 Å². The van der Waals surface area contributed by atoms with Gasteiger partial charge in [0, 0.05) is 13.1 Å². The summed E-state index contributed by atoms with van der Waals surface area (Å²) in [6.45, 7) is 1.79. The van der Waals surface area contributed by atoms with Gasteiger partial charge < -0.3 is 10.1 Å². The minimum absolute atomic E-state index is 0.134. The summed E-state index contributed by atoms with van der Waals surface area (Å²) in [5.74, 6) is 0. The van der Waals surface area contributed by atoms with Crippen molar-refractivity contribution in [2.45, 2.75) is 18.9 Å². The summed E-state index contributed by atoms with van der Waals surface area (Å²) < 4.78 is 42.6. The Kier molecular flexibility index (Phi) is 3.16. The van der Waals surface area contributed by atoms with Crippen LogP contribution < -0.4 is 5.32 Å². The Labute approximate surface area is 91.4 Å². The van der Waals surface area contributed by atoms with Crippen LogP contribution in [-0.4, -0.2) is 19.2 Å². The van der Waals surface area contributed by atoms with Gasteiger partial charge >= 0.3 is 6.18 Å². The second-order valence-corrected chi connectivity index (χ2v) is 3.79. The summed E-state index contributed by atoms with van der Waals surface area (Å²) in [6.07, 6.45) is -4.15. The molecule has 2 nitrogen and oxygen atoms in total. The molecule has 16 heavy (non-hydrogen) atoms. The molecule has 0 saturated carbocycles. The molecule has 0 bridgehead atoms. The van der Waals surface area contributed by atoms with E-state index in [1.807, 2.05) is 0 Å². The highest BCUT2D eigenvalue weighted by Crippen LogP contribution is 2.29. The van der Waals surface area contributed by atoms with Crippen molar-refractivity contribution in [1.29, 1.82) is 0 Å². The lowest BCUT2D eigenvalue weighted by Gasteiger charge is -2.27. The molecule has 0 aromatic heterocycles. The number of halogens is 3. The monoisotopic (exact) mass is 231 g/mol. The van der Waals surface area contributed by atoms with Gasteiger partial charge in [-0.3, -0.25) is 0 Å². The largest absolute Gasteiger partial charge is 0.416 e. The standard InChI is InChI=1S/C11H12F3NO/c12-11(13,14)9-3-1-2-8(4-9)7-16-10-5-15-6-10/h1-4,10,15H,5-7H2. The zero-order chi connectivity index (χ0) is 11.6. The second-order valence-electron chi connectivity index (χ2n) is 3.79. The average molecular weight is 231 g/mol. The fourth-order valence-corrected chi connectivity index (χ4v) is 1.43. The summed E-state index contributed by atoms with van der Waals surface area (Å²) >= 11 is 0. The molecule has 0 amide bonds. The molecule has 0 aliphatic carbocycles. The minimum Gasteiger partial charge on any atom is -0.371 e. The highest BCUT2D eigenvalue weighted by molar-refractivity contribution is 5.25. The topological polar surface area (TPSA) is 21.3 Å². The third-order valence-corrected chi connectivity index (χ3v) is 2.48. The predicted molar refractivity (Wildman–Crippen MR) is 52.9 cm³/mol. The SMILES string of the molecule is FC(F)(F)c1cccc(COC2CNC2)c1. The third-order valence-electron chi connectivity index (χ3n) is 2.48. The molecule has 0 atom stereocenters. The second kappa shape index (κ2) is 4.43. The molecule has 1 fully saturated rings. The van der Waals surface area contributed by atoms with E-state index >= 15 is 0 Å². The molecule has 0 radical (unpaired) electrons. The van der Waals surface area contributed by atoms with Gasteiger partial charge in [-0.25, -0.2) is 0 Å². The van der Waals surface area contributed by atoms with E-state index in [0.29, 0.717) is 5.56 Å². The summed E-state index contributed by atoms with van der Waals surface area (Å²) in [4.78, 5) is 0. The van der Waals surface area contributed by atoms with Crippen molar-refractivity contribution < 1.29 is 17.9 Å². The molecule has 1 heterocycles. The zero-order valence-corrected chi connectivity index (χ0v) is 8.55. The van der Waals surface area contributed by atoms with E-state index in [1.165, 1.54) is 6.07 Å². The van der Waals surface area contributed by atoms with E-state index in [0.717, 1.165) is 25.2 Å². The normalized spacial score (nSPS) is 17.2. The molecular weight excluding hydrogens is 219 g/mol. The van der Waals surface area contributed by atoms with Crippen LogP contribution in [0, 0.1) is 0 Å². The molecular formula is C11H12F3NO. The van der Waals surface area contributed by atoms with Crippen molar-refractivity contribution in [2.24, 2.45) is 0 Å². The molecule has 0 spiro atoms. The Bertz CT molecular complexity index is 360. The molecule has 1 N–H and O–H groups in total. The molecule has 5 heteroatoms. The van der Waals surface area contributed by atoms with Gasteiger partial charge in [0.2, 0.25) is 0 Å². The van der Waals surface area contributed by atoms with E-state index in [2.05, 4.69) is 5.32 Å². The lowest BCUT2D eigenvalue weighted by Crippen LogP contribution is -2.48. The van der Waals surface area contributed by atoms with Gasteiger partial charge in [0.25, 0.3) is 0 Å². The molecule has 1 aliphatic rings. The van der Waals surface area contributed by atoms with Crippen LogP contribution in [0.1, 0.15) is 11.1 Å². The fraction of sp³-hybridized carbons (Fsp3) is 0.455. The van der Waals surface area contributed by atoms with Crippen LogP contribution in [0.4, 0.5) is 13.2 Å². The van der Waals surface area contributed by atoms with Gasteiger partial charge in [-0.1, -0.05) is 12.1 Å². The molecule has 1 saturated heterocycles. The van der Waals surface area contributed by atoms with Crippen LogP contribution in [0.15, 0.2) is 24.3 Å². The first kappa shape index (κ1) is 11.4. The van der Waals surface area contributed by atoms with Gasteiger partial charge in [0.05, 0.1) is 18.3 Å². The van der Waals surface area contributed by atoms with Gasteiger partial charge in [0.1, 0.15) is 0 Å². The molecule has 1 aliphatic heterocycles. The minimum atomic E-state index is -4.28. The summed E-state index contributed by atoms with van der Waals surface area (Å²) in [5.41, 5.74) is -0.0675. The molecule has 1 aromatic rings. The maximum atomic E-state index is 12.4. The van der Waals surface area contributed by atoms with Crippen LogP contribution in [0.3, 0.4) is 0 Å². The molecule has 2 rings (SSSR count). The van der Waals surface area contributed by atoms with Crippen molar-refractivity contribution in [3.8, 4) is 0 Å². The first-order valence-corrected chi connectivity index (χ1v) is 5.04. The van der Waals surface area contributed by atoms with Crippen LogP contribution in [-0.2, 0) is 17.5 Å². The highest BCUT2D eigenvalue weighted by atomic mass is 19.4. The Morgan fingerprint density at radius 3 is 2.62 bits per heavy atom. The number of ether oxygens (including phenoxy) is 1. The third kappa shape index (κ3) is 2.74. The first-order valence-electron chi connectivity index (χ1n) is 5.04. The van der Waals surface area contributed by atoms with Crippen LogP contribution >= 0.6 is 0 Å². The predicted octanol–water partition coefficient (Wildman–Crippen LogP) is 2.19. The number of benzene rings is 1. The highest BCUT2D eigenvalue weighted by Gasteiger charge is 2.30. The van der Waals surface area contributed by atoms with Crippen molar-refractivity contribution >= 4 is 0 Å². The van der Waals surface area contributed by atoms with E-state index < -0.39 is 11.7 Å². The number of hydrogen-bond acceptors (Lipinski definition) is 2. The Balaban J connectivity index is 1.98. The van der Waals surface area contributed by atoms with Gasteiger partial charge in [-0.05, 0) is 17.7 Å². The van der Waals surface area contributed by atoms with Crippen molar-refractivity contribution in [3.05, 3.63) is 35.4 Å². The van der Waals surface area contributed by atoms with Gasteiger partial charge in [0.15, 0.2) is 0 Å². The quantitative estimate of drug-likeness (QED) is 0.861. The van der Waals surface area contributed by atoms with Crippen molar-refractivity contribution in [1.82, 2.24) is 5.32 Å². The summed E-state index contributed by atoms with van der Waals surface area (Å²) in [6, 6.07) is 5.24. The average Bonchev–Trinajstić information content (AvgIpc) is 2.14. The lowest BCUT2D eigenvalue weighted by molar-refractivity contribution is -0.137. The maximum Gasteiger partial charge on any atom is 0.416 e. The van der Waals surface area contributed by atoms with E-state index in [1.54, 1.807) is 6.07 Å². The molecule has 88 valence electrons. The van der Waals surface area contributed by atoms with E-state index in [-0.39, 0.29) is 12.7 Å².